The fraction of sp³-hybridized carbons (Fsp3) is 0.455. The predicted octanol–water partition coefficient (Wildman–Crippen LogP) is 0.147. The van der Waals surface area contributed by atoms with Crippen molar-refractivity contribution in [3.05, 3.63) is 24.3 Å². The molecule has 0 atom stereocenters. The molecular formula is C11H16N2O4S2. The molecule has 19 heavy (non-hydrogen) atoms. The number of hydrogen-bond acceptors (Lipinski definition) is 5. The number of anilines is 1. The fourth-order valence-electron chi connectivity index (χ4n) is 1.97. The number of sulfone groups is 1. The lowest BCUT2D eigenvalue weighted by Gasteiger charge is -2.26. The summed E-state index contributed by atoms with van der Waals surface area (Å²) in [4.78, 5) is 0.178. The molecule has 0 radical (unpaired) electrons. The largest absolute Gasteiger partial charge is 0.387 e. The van der Waals surface area contributed by atoms with E-state index in [2.05, 4.69) is 5.32 Å². The minimum Gasteiger partial charge on any atom is -0.387 e. The van der Waals surface area contributed by atoms with Crippen LogP contribution in [-0.4, -0.2) is 52.8 Å². The summed E-state index contributed by atoms with van der Waals surface area (Å²) in [5.41, 5.74) is 0.510. The summed E-state index contributed by atoms with van der Waals surface area (Å²) >= 11 is 0. The Hall–Kier alpha value is -1.12. The summed E-state index contributed by atoms with van der Waals surface area (Å²) in [5, 5.41) is 2.83. The van der Waals surface area contributed by atoms with Crippen LogP contribution in [0.2, 0.25) is 0 Å². The van der Waals surface area contributed by atoms with Gasteiger partial charge in [-0.1, -0.05) is 12.1 Å². The second-order valence-corrected chi connectivity index (χ2v) is 8.51. The molecule has 0 aliphatic carbocycles. The lowest BCUT2D eigenvalue weighted by atomic mass is 10.3. The quantitative estimate of drug-likeness (QED) is 0.859. The van der Waals surface area contributed by atoms with E-state index >= 15 is 0 Å². The van der Waals surface area contributed by atoms with E-state index in [0.29, 0.717) is 5.69 Å². The fourth-order valence-corrected chi connectivity index (χ4v) is 5.05. The van der Waals surface area contributed by atoms with Crippen molar-refractivity contribution in [2.45, 2.75) is 4.90 Å². The van der Waals surface area contributed by atoms with Crippen molar-refractivity contribution >= 4 is 25.5 Å². The van der Waals surface area contributed by atoms with E-state index in [9.17, 15) is 16.8 Å². The summed E-state index contributed by atoms with van der Waals surface area (Å²) in [6.45, 7) is 0.0332. The first-order chi connectivity index (χ1) is 8.87. The molecule has 1 saturated heterocycles. The molecule has 8 heteroatoms. The molecule has 0 saturated carbocycles. The Morgan fingerprint density at radius 2 is 1.74 bits per heavy atom. The molecule has 1 fully saturated rings. The zero-order chi connectivity index (χ0) is 14.1. The summed E-state index contributed by atoms with van der Waals surface area (Å²) in [6.07, 6.45) is 0. The van der Waals surface area contributed by atoms with Crippen LogP contribution in [0.3, 0.4) is 0 Å². The maximum atomic E-state index is 12.5. The maximum Gasteiger partial charge on any atom is 0.245 e. The van der Waals surface area contributed by atoms with Crippen LogP contribution in [0.5, 0.6) is 0 Å². The van der Waals surface area contributed by atoms with Crippen LogP contribution in [0.4, 0.5) is 5.69 Å². The molecule has 2 rings (SSSR count). The topological polar surface area (TPSA) is 83.6 Å². The lowest BCUT2D eigenvalue weighted by molar-refractivity contribution is 0.431. The van der Waals surface area contributed by atoms with E-state index in [1.54, 1.807) is 25.2 Å². The zero-order valence-electron chi connectivity index (χ0n) is 10.5. The molecule has 0 aromatic heterocycles. The summed E-state index contributed by atoms with van der Waals surface area (Å²) in [6, 6.07) is 6.58. The Morgan fingerprint density at radius 1 is 1.16 bits per heavy atom. The van der Waals surface area contributed by atoms with Crippen molar-refractivity contribution in [1.29, 1.82) is 0 Å². The van der Waals surface area contributed by atoms with Gasteiger partial charge in [-0.05, 0) is 12.1 Å². The molecule has 1 aromatic rings. The number of hydrogen-bond donors (Lipinski definition) is 1. The van der Waals surface area contributed by atoms with E-state index in [-0.39, 0.29) is 29.5 Å². The van der Waals surface area contributed by atoms with E-state index in [1.807, 2.05) is 0 Å². The Morgan fingerprint density at radius 3 is 2.32 bits per heavy atom. The number of benzene rings is 1. The highest BCUT2D eigenvalue weighted by Crippen LogP contribution is 2.25. The molecule has 6 nitrogen and oxygen atoms in total. The molecule has 0 spiro atoms. The summed E-state index contributed by atoms with van der Waals surface area (Å²) in [5.74, 6) is -0.234. The Bertz CT molecular complexity index is 654. The number of nitrogens with zero attached hydrogens (tertiary/aromatic N) is 1. The van der Waals surface area contributed by atoms with Crippen LogP contribution in [-0.2, 0) is 19.9 Å². The highest BCUT2D eigenvalue weighted by molar-refractivity contribution is 7.92. The molecule has 0 amide bonds. The SMILES string of the molecule is CNc1ccccc1S(=O)(=O)N1CCS(=O)(=O)CC1. The van der Waals surface area contributed by atoms with E-state index in [1.165, 1.54) is 10.4 Å². The molecule has 0 unspecified atom stereocenters. The number of sulfonamides is 1. The van der Waals surface area contributed by atoms with Gasteiger partial charge in [0, 0.05) is 20.1 Å². The zero-order valence-corrected chi connectivity index (χ0v) is 12.2. The van der Waals surface area contributed by atoms with Gasteiger partial charge in [0.1, 0.15) is 4.90 Å². The van der Waals surface area contributed by atoms with Gasteiger partial charge in [0.05, 0.1) is 17.2 Å². The maximum absolute atomic E-state index is 12.5. The Balaban J connectivity index is 2.33. The van der Waals surface area contributed by atoms with Crippen molar-refractivity contribution in [2.75, 3.05) is 37.0 Å². The van der Waals surface area contributed by atoms with Gasteiger partial charge in [-0.2, -0.15) is 4.31 Å². The minimum atomic E-state index is -3.65. The van der Waals surface area contributed by atoms with Crippen molar-refractivity contribution in [3.8, 4) is 0 Å². The molecule has 0 bridgehead atoms. The second-order valence-electron chi connectivity index (χ2n) is 4.30. The molecular weight excluding hydrogens is 288 g/mol. The Labute approximate surface area is 113 Å². The van der Waals surface area contributed by atoms with E-state index < -0.39 is 19.9 Å². The third-order valence-corrected chi connectivity index (χ3v) is 6.64. The van der Waals surface area contributed by atoms with Gasteiger partial charge < -0.3 is 5.32 Å². The van der Waals surface area contributed by atoms with Gasteiger partial charge in [0.2, 0.25) is 10.0 Å². The first-order valence-electron chi connectivity index (χ1n) is 5.84. The smallest absolute Gasteiger partial charge is 0.245 e. The van der Waals surface area contributed by atoms with Gasteiger partial charge in [-0.25, -0.2) is 16.8 Å². The van der Waals surface area contributed by atoms with Crippen molar-refractivity contribution in [3.63, 3.8) is 0 Å². The van der Waals surface area contributed by atoms with Crippen LogP contribution in [0.25, 0.3) is 0 Å². The van der Waals surface area contributed by atoms with Gasteiger partial charge in [0.15, 0.2) is 9.84 Å². The molecule has 1 heterocycles. The average Bonchev–Trinajstić information content (AvgIpc) is 2.38. The van der Waals surface area contributed by atoms with E-state index in [4.69, 9.17) is 0 Å². The molecule has 1 aliphatic heterocycles. The molecule has 1 N–H and O–H groups in total. The molecule has 1 aliphatic rings. The van der Waals surface area contributed by atoms with Gasteiger partial charge in [0.25, 0.3) is 0 Å². The number of nitrogens with one attached hydrogen (secondary N) is 1. The summed E-state index contributed by atoms with van der Waals surface area (Å²) < 4.78 is 48.9. The van der Waals surface area contributed by atoms with Crippen LogP contribution in [0.1, 0.15) is 0 Å². The Kier molecular flexibility index (Phi) is 3.84. The first-order valence-corrected chi connectivity index (χ1v) is 9.10. The van der Waals surface area contributed by atoms with Crippen LogP contribution in [0.15, 0.2) is 29.2 Å². The molecule has 1 aromatic carbocycles. The highest BCUT2D eigenvalue weighted by atomic mass is 32.2. The summed E-state index contributed by atoms with van der Waals surface area (Å²) in [7, 11) is -5.10. The second kappa shape index (κ2) is 5.10. The van der Waals surface area contributed by atoms with Gasteiger partial charge in [-0.15, -0.1) is 0 Å². The van der Waals surface area contributed by atoms with Crippen molar-refractivity contribution in [1.82, 2.24) is 4.31 Å². The van der Waals surface area contributed by atoms with Crippen molar-refractivity contribution in [2.24, 2.45) is 0 Å². The third kappa shape index (κ3) is 2.90. The number of para-hydroxylation sites is 1. The van der Waals surface area contributed by atoms with Crippen LogP contribution < -0.4 is 5.32 Å². The first kappa shape index (κ1) is 14.3. The van der Waals surface area contributed by atoms with Crippen LogP contribution >= 0.6 is 0 Å². The highest BCUT2D eigenvalue weighted by Gasteiger charge is 2.32. The van der Waals surface area contributed by atoms with E-state index in [0.717, 1.165) is 0 Å². The van der Waals surface area contributed by atoms with Gasteiger partial charge >= 0.3 is 0 Å². The predicted molar refractivity (Wildman–Crippen MR) is 73.4 cm³/mol. The molecule has 106 valence electrons. The van der Waals surface area contributed by atoms with Gasteiger partial charge in [-0.3, -0.25) is 0 Å². The van der Waals surface area contributed by atoms with Crippen molar-refractivity contribution < 1.29 is 16.8 Å². The third-order valence-electron chi connectivity index (χ3n) is 3.08. The standard InChI is InChI=1S/C11H16N2O4S2/c1-12-10-4-2-3-5-11(10)19(16,17)13-6-8-18(14,15)9-7-13/h2-5,12H,6-9H2,1H3. The minimum absolute atomic E-state index is 0.0166. The lowest BCUT2D eigenvalue weighted by Crippen LogP contribution is -2.43. The normalized spacial score (nSPS) is 20.1. The monoisotopic (exact) mass is 304 g/mol. The average molecular weight is 304 g/mol. The number of rotatable bonds is 3. The van der Waals surface area contributed by atoms with Crippen LogP contribution in [0, 0.1) is 0 Å².